The van der Waals surface area contributed by atoms with Crippen molar-refractivity contribution in [2.24, 2.45) is 0 Å². The van der Waals surface area contributed by atoms with E-state index in [2.05, 4.69) is 20.8 Å². The Kier molecular flexibility index (Phi) is 5.48. The molecule has 1 aliphatic rings. The van der Waals surface area contributed by atoms with Gasteiger partial charge in [-0.25, -0.2) is 4.98 Å². The Morgan fingerprint density at radius 3 is 2.68 bits per heavy atom. The van der Waals surface area contributed by atoms with E-state index < -0.39 is 0 Å². The fraction of sp³-hybridized carbons (Fsp3) is 0.300. The number of rotatable bonds is 6. The minimum Gasteiger partial charge on any atom is -0.338 e. The summed E-state index contributed by atoms with van der Waals surface area (Å²) in [6.07, 6.45) is 4.35. The molecule has 28 heavy (non-hydrogen) atoms. The molecule has 3 aromatic rings. The summed E-state index contributed by atoms with van der Waals surface area (Å²) >= 11 is 1.30. The Morgan fingerprint density at radius 1 is 1.04 bits per heavy atom. The van der Waals surface area contributed by atoms with E-state index in [1.807, 2.05) is 30.3 Å². The third-order valence-corrected chi connectivity index (χ3v) is 5.37. The quantitative estimate of drug-likeness (QED) is 0.666. The highest BCUT2D eigenvalue weighted by atomic mass is 32.1. The molecule has 2 aromatic heterocycles. The van der Waals surface area contributed by atoms with Gasteiger partial charge in [0.15, 0.2) is 5.13 Å². The van der Waals surface area contributed by atoms with Crippen molar-refractivity contribution in [2.75, 3.05) is 10.6 Å². The van der Waals surface area contributed by atoms with Crippen LogP contribution in [0.15, 0.2) is 40.2 Å². The number of thiazole rings is 1. The molecule has 0 atom stereocenters. The van der Waals surface area contributed by atoms with Crippen LogP contribution in [0, 0.1) is 0 Å². The summed E-state index contributed by atoms with van der Waals surface area (Å²) in [7, 11) is 0. The van der Waals surface area contributed by atoms with E-state index in [0.29, 0.717) is 16.7 Å². The molecular formula is C20H20N4O3S. The van der Waals surface area contributed by atoms with Crippen molar-refractivity contribution in [3.8, 4) is 0 Å². The van der Waals surface area contributed by atoms with Crippen LogP contribution < -0.4 is 10.6 Å². The van der Waals surface area contributed by atoms with Crippen LogP contribution in [0.3, 0.4) is 0 Å². The molecule has 0 aliphatic heterocycles. The molecule has 0 spiro atoms. The molecule has 0 fully saturated rings. The molecule has 8 heteroatoms. The highest BCUT2D eigenvalue weighted by Gasteiger charge is 2.21. The summed E-state index contributed by atoms with van der Waals surface area (Å²) in [4.78, 5) is 28.8. The van der Waals surface area contributed by atoms with Crippen molar-refractivity contribution in [1.29, 1.82) is 0 Å². The van der Waals surface area contributed by atoms with E-state index >= 15 is 0 Å². The largest absolute Gasteiger partial charge is 0.338 e. The summed E-state index contributed by atoms with van der Waals surface area (Å²) in [5.41, 5.74) is 3.49. The zero-order valence-corrected chi connectivity index (χ0v) is 16.1. The van der Waals surface area contributed by atoms with Crippen LogP contribution in [-0.4, -0.2) is 22.0 Å². The predicted molar refractivity (Wildman–Crippen MR) is 106 cm³/mol. The number of anilines is 2. The number of carbonyl (C=O) groups is 2. The SMILES string of the molecule is O=C(Cc1ccccc1)Nc1nc(CC(=O)Nc2onc3c2CCCC3)cs1. The van der Waals surface area contributed by atoms with Crippen molar-refractivity contribution in [2.45, 2.75) is 38.5 Å². The van der Waals surface area contributed by atoms with Gasteiger partial charge >= 0.3 is 0 Å². The number of nitrogens with one attached hydrogen (secondary N) is 2. The summed E-state index contributed by atoms with van der Waals surface area (Å²) in [6, 6.07) is 9.51. The molecule has 144 valence electrons. The van der Waals surface area contributed by atoms with Crippen molar-refractivity contribution in [3.05, 3.63) is 58.2 Å². The highest BCUT2D eigenvalue weighted by Crippen LogP contribution is 2.27. The first kappa shape index (κ1) is 18.4. The maximum Gasteiger partial charge on any atom is 0.234 e. The highest BCUT2D eigenvalue weighted by molar-refractivity contribution is 7.13. The topological polar surface area (TPSA) is 97.1 Å². The Morgan fingerprint density at radius 2 is 1.82 bits per heavy atom. The number of benzene rings is 1. The maximum atomic E-state index is 12.3. The summed E-state index contributed by atoms with van der Waals surface area (Å²) in [6.45, 7) is 0. The molecule has 0 bridgehead atoms. The number of hydrogen-bond acceptors (Lipinski definition) is 6. The second kappa shape index (κ2) is 8.35. The van der Waals surface area contributed by atoms with Crippen LogP contribution in [0.5, 0.6) is 0 Å². The molecule has 2 heterocycles. The van der Waals surface area contributed by atoms with Crippen molar-refractivity contribution in [3.63, 3.8) is 0 Å². The van der Waals surface area contributed by atoms with Crippen molar-refractivity contribution < 1.29 is 14.1 Å². The van der Waals surface area contributed by atoms with Gasteiger partial charge in [-0.05, 0) is 31.2 Å². The summed E-state index contributed by atoms with van der Waals surface area (Å²) < 4.78 is 5.28. The van der Waals surface area contributed by atoms with Gasteiger partial charge in [0, 0.05) is 10.9 Å². The van der Waals surface area contributed by atoms with Crippen LogP contribution in [0.1, 0.15) is 35.4 Å². The first-order valence-corrected chi connectivity index (χ1v) is 10.1. The molecule has 0 saturated carbocycles. The lowest BCUT2D eigenvalue weighted by atomic mass is 9.98. The van der Waals surface area contributed by atoms with Gasteiger partial charge in [-0.1, -0.05) is 35.5 Å². The molecule has 1 aromatic carbocycles. The molecule has 7 nitrogen and oxygen atoms in total. The maximum absolute atomic E-state index is 12.3. The van der Waals surface area contributed by atoms with E-state index in [-0.39, 0.29) is 24.7 Å². The number of amides is 2. The third-order valence-electron chi connectivity index (χ3n) is 4.56. The fourth-order valence-corrected chi connectivity index (χ4v) is 3.94. The number of fused-ring (bicyclic) bond motifs is 1. The van der Waals surface area contributed by atoms with Gasteiger partial charge in [0.05, 0.1) is 24.2 Å². The van der Waals surface area contributed by atoms with E-state index in [4.69, 9.17) is 4.52 Å². The monoisotopic (exact) mass is 396 g/mol. The zero-order valence-electron chi connectivity index (χ0n) is 15.2. The van der Waals surface area contributed by atoms with Crippen LogP contribution in [-0.2, 0) is 35.3 Å². The average Bonchev–Trinajstić information content (AvgIpc) is 3.29. The second-order valence-electron chi connectivity index (χ2n) is 6.72. The van der Waals surface area contributed by atoms with E-state index in [9.17, 15) is 9.59 Å². The molecule has 4 rings (SSSR count). The van der Waals surface area contributed by atoms with Gasteiger partial charge in [0.2, 0.25) is 17.7 Å². The molecule has 0 saturated heterocycles. The van der Waals surface area contributed by atoms with Crippen molar-refractivity contribution >= 4 is 34.2 Å². The predicted octanol–water partition coefficient (Wildman–Crippen LogP) is 3.37. The van der Waals surface area contributed by atoms with Gasteiger partial charge in [0.25, 0.3) is 0 Å². The summed E-state index contributed by atoms with van der Waals surface area (Å²) in [5.74, 6) is 0.105. The number of aromatic nitrogens is 2. The number of carbonyl (C=O) groups excluding carboxylic acids is 2. The minimum atomic E-state index is -0.211. The fourth-order valence-electron chi connectivity index (χ4n) is 3.21. The lowest BCUT2D eigenvalue weighted by molar-refractivity contribution is -0.116. The second-order valence-corrected chi connectivity index (χ2v) is 7.58. The molecule has 2 amide bonds. The van der Waals surface area contributed by atoms with Gasteiger partial charge in [-0.3, -0.25) is 14.9 Å². The van der Waals surface area contributed by atoms with Crippen LogP contribution >= 0.6 is 11.3 Å². The van der Waals surface area contributed by atoms with Crippen LogP contribution in [0.4, 0.5) is 11.0 Å². The first-order chi connectivity index (χ1) is 13.7. The normalized spacial score (nSPS) is 13.0. The van der Waals surface area contributed by atoms with Crippen LogP contribution in [0.2, 0.25) is 0 Å². The van der Waals surface area contributed by atoms with Gasteiger partial charge in [0.1, 0.15) is 0 Å². The number of nitrogens with zero attached hydrogens (tertiary/aromatic N) is 2. The van der Waals surface area contributed by atoms with E-state index in [1.54, 1.807) is 5.38 Å². The van der Waals surface area contributed by atoms with Gasteiger partial charge in [-0.15, -0.1) is 11.3 Å². The first-order valence-electron chi connectivity index (χ1n) is 9.23. The smallest absolute Gasteiger partial charge is 0.234 e. The minimum absolute atomic E-state index is 0.112. The van der Waals surface area contributed by atoms with E-state index in [1.165, 1.54) is 11.3 Å². The standard InChI is InChI=1S/C20H20N4O3S/c25-17(10-13-6-2-1-3-7-13)23-20-21-14(12-28-20)11-18(26)22-19-15-8-4-5-9-16(15)24-27-19/h1-3,6-7,12H,4-5,8-11H2,(H,22,26)(H,21,23,25). The third kappa shape index (κ3) is 4.45. The molecule has 0 radical (unpaired) electrons. The lowest BCUT2D eigenvalue weighted by Gasteiger charge is -2.09. The molecule has 0 unspecified atom stereocenters. The Labute approximate surface area is 166 Å². The van der Waals surface area contributed by atoms with Gasteiger partial charge in [-0.2, -0.15) is 0 Å². The Bertz CT molecular complexity index is 981. The lowest BCUT2D eigenvalue weighted by Crippen LogP contribution is -2.16. The van der Waals surface area contributed by atoms with Gasteiger partial charge < -0.3 is 9.84 Å². The number of hydrogen-bond donors (Lipinski definition) is 2. The van der Waals surface area contributed by atoms with Crippen molar-refractivity contribution in [1.82, 2.24) is 10.1 Å². The molecule has 1 aliphatic carbocycles. The molecule has 2 N–H and O–H groups in total. The summed E-state index contributed by atoms with van der Waals surface area (Å²) in [5, 5.41) is 11.9. The van der Waals surface area contributed by atoms with Crippen LogP contribution in [0.25, 0.3) is 0 Å². The number of aryl methyl sites for hydroxylation is 1. The zero-order chi connectivity index (χ0) is 19.3. The van der Waals surface area contributed by atoms with E-state index in [0.717, 1.165) is 42.5 Å². The average molecular weight is 396 g/mol. The Hall–Kier alpha value is -3.00. The molecular weight excluding hydrogens is 376 g/mol. The Balaban J connectivity index is 1.31.